The first-order valence-electron chi connectivity index (χ1n) is 10.1. The zero-order chi connectivity index (χ0) is 22.1. The van der Waals surface area contributed by atoms with E-state index >= 15 is 0 Å². The van der Waals surface area contributed by atoms with Crippen molar-refractivity contribution in [1.82, 2.24) is 14.9 Å². The van der Waals surface area contributed by atoms with Crippen LogP contribution in [0.4, 0.5) is 0 Å². The molecule has 3 rings (SSSR count). The van der Waals surface area contributed by atoms with Gasteiger partial charge in [-0.15, -0.1) is 0 Å². The summed E-state index contributed by atoms with van der Waals surface area (Å²) >= 11 is 0. The Labute approximate surface area is 177 Å². The molecule has 0 radical (unpaired) electrons. The van der Waals surface area contributed by atoms with Gasteiger partial charge in [-0.3, -0.25) is 13.9 Å². The lowest BCUT2D eigenvalue weighted by molar-refractivity contribution is -0.130. The lowest BCUT2D eigenvalue weighted by Gasteiger charge is -2.41. The predicted octanol–water partition coefficient (Wildman–Crippen LogP) is 1.40. The fourth-order valence-electron chi connectivity index (χ4n) is 4.07. The lowest BCUT2D eigenvalue weighted by atomic mass is 9.72. The number of rotatable bonds is 5. The van der Waals surface area contributed by atoms with Crippen LogP contribution in [0.5, 0.6) is 0 Å². The average Bonchev–Trinajstić information content (AvgIpc) is 2.65. The van der Waals surface area contributed by atoms with Crippen LogP contribution >= 0.6 is 0 Å². The molecule has 30 heavy (non-hydrogen) atoms. The Morgan fingerprint density at radius 1 is 1.27 bits per heavy atom. The molecule has 2 amide bonds. The van der Waals surface area contributed by atoms with Crippen molar-refractivity contribution in [3.63, 3.8) is 0 Å². The van der Waals surface area contributed by atoms with E-state index < -0.39 is 34.0 Å². The van der Waals surface area contributed by atoms with Crippen LogP contribution in [-0.2, 0) is 19.6 Å². The van der Waals surface area contributed by atoms with E-state index in [0.29, 0.717) is 19.3 Å². The first-order chi connectivity index (χ1) is 14.0. The maximum Gasteiger partial charge on any atom is 0.264 e. The molecule has 0 spiro atoms. The van der Waals surface area contributed by atoms with Crippen molar-refractivity contribution in [2.45, 2.75) is 69.5 Å². The summed E-state index contributed by atoms with van der Waals surface area (Å²) in [6.07, 6.45) is 3.63. The number of hydrogen-bond acceptors (Lipinski definition) is 5. The van der Waals surface area contributed by atoms with Crippen LogP contribution in [0.15, 0.2) is 41.6 Å². The summed E-state index contributed by atoms with van der Waals surface area (Å²) in [6.45, 7) is 5.80. The third kappa shape index (κ3) is 4.67. The summed E-state index contributed by atoms with van der Waals surface area (Å²) in [7, 11) is -4.00. The first kappa shape index (κ1) is 22.3. The van der Waals surface area contributed by atoms with Crippen LogP contribution in [0.25, 0.3) is 0 Å². The number of amides is 2. The summed E-state index contributed by atoms with van der Waals surface area (Å²) < 4.78 is 27.2. The minimum atomic E-state index is -4.00. The van der Waals surface area contributed by atoms with Gasteiger partial charge in [0, 0.05) is 18.4 Å². The molecule has 9 heteroatoms. The third-order valence-electron chi connectivity index (χ3n) is 5.86. The van der Waals surface area contributed by atoms with Gasteiger partial charge in [0.05, 0.1) is 17.4 Å². The molecule has 3 atom stereocenters. The van der Waals surface area contributed by atoms with Gasteiger partial charge < -0.3 is 15.7 Å². The zero-order valence-corrected chi connectivity index (χ0v) is 18.3. The molecule has 1 heterocycles. The molecular weight excluding hydrogens is 406 g/mol. The van der Waals surface area contributed by atoms with E-state index in [1.807, 2.05) is 20.8 Å². The second-order valence-electron chi connectivity index (χ2n) is 8.74. The summed E-state index contributed by atoms with van der Waals surface area (Å²) in [5, 5.41) is 15.3. The minimum Gasteiger partial charge on any atom is -0.393 e. The lowest BCUT2D eigenvalue weighted by Crippen LogP contribution is -2.54. The molecule has 0 unspecified atom stereocenters. The molecule has 1 aliphatic carbocycles. The second kappa shape index (κ2) is 8.39. The molecule has 1 aromatic carbocycles. The molecule has 164 valence electrons. The van der Waals surface area contributed by atoms with Crippen LogP contribution in [0.2, 0.25) is 0 Å². The SMILES string of the molecule is Cc1ccc(S(=O)(=O)N2C=CNC(=O)[C@H]2CC(=O)N[C@H]2CC[C@@H](O)CC2(C)C)cc1. The van der Waals surface area contributed by atoms with Crippen molar-refractivity contribution in [3.05, 3.63) is 42.2 Å². The van der Waals surface area contributed by atoms with Crippen LogP contribution in [0.3, 0.4) is 0 Å². The number of nitrogens with one attached hydrogen (secondary N) is 2. The highest BCUT2D eigenvalue weighted by molar-refractivity contribution is 7.89. The van der Waals surface area contributed by atoms with E-state index in [1.165, 1.54) is 24.5 Å². The van der Waals surface area contributed by atoms with Crippen LogP contribution < -0.4 is 10.6 Å². The van der Waals surface area contributed by atoms with E-state index in [-0.39, 0.29) is 22.8 Å². The number of nitrogens with zero attached hydrogens (tertiary/aromatic N) is 1. The molecular formula is C21H29N3O5S. The molecule has 1 aliphatic heterocycles. The number of aryl methyl sites for hydroxylation is 1. The molecule has 1 saturated carbocycles. The quantitative estimate of drug-likeness (QED) is 0.647. The molecule has 8 nitrogen and oxygen atoms in total. The molecule has 0 bridgehead atoms. The average molecular weight is 436 g/mol. The standard InChI is InChI=1S/C21H29N3O5S/c1-14-4-7-16(8-5-14)30(28,29)24-11-10-22-20(27)17(24)12-19(26)23-18-9-6-15(25)13-21(18,2)3/h4-5,7-8,10-11,15,17-18,25H,6,9,12-13H2,1-3H3,(H,22,27)(H,23,26)/t15-,17-,18+/m1/s1. The molecule has 1 aromatic rings. The maximum atomic E-state index is 13.1. The molecule has 3 N–H and O–H groups in total. The summed E-state index contributed by atoms with van der Waals surface area (Å²) in [6, 6.07) is 5.00. The Bertz CT molecular complexity index is 940. The van der Waals surface area contributed by atoms with Crippen molar-refractivity contribution in [1.29, 1.82) is 0 Å². The first-order valence-corrected chi connectivity index (χ1v) is 11.5. The van der Waals surface area contributed by atoms with Crippen LogP contribution in [-0.4, -0.2) is 47.8 Å². The predicted molar refractivity (Wildman–Crippen MR) is 111 cm³/mol. The van der Waals surface area contributed by atoms with Gasteiger partial charge in [-0.05, 0) is 43.7 Å². The van der Waals surface area contributed by atoms with Gasteiger partial charge in [0.1, 0.15) is 6.04 Å². The van der Waals surface area contributed by atoms with Crippen molar-refractivity contribution in [2.75, 3.05) is 0 Å². The molecule has 1 fully saturated rings. The number of carbonyl (C=O) groups excluding carboxylic acids is 2. The minimum absolute atomic E-state index is 0.0558. The maximum absolute atomic E-state index is 13.1. The van der Waals surface area contributed by atoms with Gasteiger partial charge in [-0.25, -0.2) is 8.42 Å². The summed E-state index contributed by atoms with van der Waals surface area (Å²) in [5.74, 6) is -0.953. The number of sulfonamides is 1. The molecule has 0 aromatic heterocycles. The fraction of sp³-hybridized carbons (Fsp3) is 0.524. The van der Waals surface area contributed by atoms with Crippen molar-refractivity contribution in [3.8, 4) is 0 Å². The monoisotopic (exact) mass is 435 g/mol. The normalized spacial score (nSPS) is 26.2. The van der Waals surface area contributed by atoms with Crippen molar-refractivity contribution >= 4 is 21.8 Å². The van der Waals surface area contributed by atoms with Gasteiger partial charge >= 0.3 is 0 Å². The van der Waals surface area contributed by atoms with E-state index in [0.717, 1.165) is 9.87 Å². The largest absolute Gasteiger partial charge is 0.393 e. The number of carbonyl (C=O) groups is 2. The Kier molecular flexibility index (Phi) is 6.24. The van der Waals surface area contributed by atoms with Gasteiger partial charge in [0.15, 0.2) is 0 Å². The Morgan fingerprint density at radius 2 is 1.93 bits per heavy atom. The van der Waals surface area contributed by atoms with E-state index in [2.05, 4.69) is 10.6 Å². The Morgan fingerprint density at radius 3 is 2.57 bits per heavy atom. The van der Waals surface area contributed by atoms with Crippen molar-refractivity contribution < 1.29 is 23.1 Å². The summed E-state index contributed by atoms with van der Waals surface area (Å²) in [4.78, 5) is 25.3. The number of aliphatic hydroxyl groups is 1. The Balaban J connectivity index is 1.77. The van der Waals surface area contributed by atoms with Crippen LogP contribution in [0.1, 0.15) is 45.1 Å². The van der Waals surface area contributed by atoms with E-state index in [4.69, 9.17) is 0 Å². The zero-order valence-electron chi connectivity index (χ0n) is 17.5. The number of benzene rings is 1. The smallest absolute Gasteiger partial charge is 0.264 e. The molecule has 0 saturated heterocycles. The highest BCUT2D eigenvalue weighted by Gasteiger charge is 2.40. The topological polar surface area (TPSA) is 116 Å². The second-order valence-corrected chi connectivity index (χ2v) is 10.6. The molecule has 2 aliphatic rings. The Hall–Kier alpha value is -2.39. The number of hydrogen-bond donors (Lipinski definition) is 3. The van der Waals surface area contributed by atoms with Gasteiger partial charge in [0.2, 0.25) is 11.8 Å². The highest BCUT2D eigenvalue weighted by atomic mass is 32.2. The van der Waals surface area contributed by atoms with E-state index in [1.54, 1.807) is 12.1 Å². The highest BCUT2D eigenvalue weighted by Crippen LogP contribution is 2.35. The number of aliphatic hydroxyl groups excluding tert-OH is 1. The van der Waals surface area contributed by atoms with Gasteiger partial charge in [-0.2, -0.15) is 0 Å². The fourth-order valence-corrected chi connectivity index (χ4v) is 5.52. The third-order valence-corrected chi connectivity index (χ3v) is 7.66. The van der Waals surface area contributed by atoms with Crippen LogP contribution in [0, 0.1) is 12.3 Å². The van der Waals surface area contributed by atoms with Gasteiger partial charge in [0.25, 0.3) is 10.0 Å². The van der Waals surface area contributed by atoms with Crippen molar-refractivity contribution in [2.24, 2.45) is 5.41 Å². The summed E-state index contributed by atoms with van der Waals surface area (Å²) in [5.41, 5.74) is 0.618. The van der Waals surface area contributed by atoms with E-state index in [9.17, 15) is 23.1 Å². The van der Waals surface area contributed by atoms with Gasteiger partial charge in [-0.1, -0.05) is 31.5 Å².